The summed E-state index contributed by atoms with van der Waals surface area (Å²) in [4.78, 5) is 0. The number of anilines is 1. The van der Waals surface area contributed by atoms with Crippen LogP contribution in [0.1, 0.15) is 12.5 Å². The molecule has 2 rings (SSSR count). The predicted octanol–water partition coefficient (Wildman–Crippen LogP) is 3.41. The number of nitrogens with zero attached hydrogens (tertiary/aromatic N) is 2. The normalized spacial score (nSPS) is 11.4. The highest BCUT2D eigenvalue weighted by molar-refractivity contribution is 5.46. The molecule has 2 aromatic rings. The van der Waals surface area contributed by atoms with Crippen LogP contribution in [0.4, 0.5) is 18.9 Å². The van der Waals surface area contributed by atoms with E-state index in [1.807, 2.05) is 13.1 Å². The fraction of sp³-hybridized carbons (Fsp3) is 0.308. The van der Waals surface area contributed by atoms with Gasteiger partial charge in [0.15, 0.2) is 0 Å². The van der Waals surface area contributed by atoms with Crippen LogP contribution in [-0.2, 0) is 13.1 Å². The van der Waals surface area contributed by atoms with Gasteiger partial charge >= 0.3 is 6.36 Å². The summed E-state index contributed by atoms with van der Waals surface area (Å²) in [6.07, 6.45) is -1.00. The van der Waals surface area contributed by atoms with Crippen LogP contribution in [0, 0.1) is 0 Å². The Hall–Kier alpha value is -2.18. The molecular weight excluding hydrogens is 271 g/mol. The van der Waals surface area contributed by atoms with Crippen LogP contribution in [0.3, 0.4) is 0 Å². The topological polar surface area (TPSA) is 39.1 Å². The van der Waals surface area contributed by atoms with Crippen molar-refractivity contribution in [3.63, 3.8) is 0 Å². The smallest absolute Gasteiger partial charge is 0.406 e. The highest BCUT2D eigenvalue weighted by atomic mass is 19.4. The largest absolute Gasteiger partial charge is 0.573 e. The third-order valence-electron chi connectivity index (χ3n) is 2.60. The van der Waals surface area contributed by atoms with Crippen molar-refractivity contribution in [3.8, 4) is 5.75 Å². The van der Waals surface area contributed by atoms with Gasteiger partial charge in [0.1, 0.15) is 5.75 Å². The highest BCUT2D eigenvalue weighted by Crippen LogP contribution is 2.24. The number of rotatable bonds is 5. The second kappa shape index (κ2) is 5.85. The van der Waals surface area contributed by atoms with E-state index in [9.17, 15) is 13.2 Å². The molecule has 108 valence electrons. The maximum Gasteiger partial charge on any atom is 0.573 e. The first-order valence-corrected chi connectivity index (χ1v) is 6.07. The molecule has 0 saturated heterocycles. The van der Waals surface area contributed by atoms with E-state index in [2.05, 4.69) is 15.2 Å². The average Bonchev–Trinajstić information content (AvgIpc) is 2.84. The minimum atomic E-state index is -4.66. The zero-order chi connectivity index (χ0) is 14.6. The minimum absolute atomic E-state index is 0.234. The lowest BCUT2D eigenvalue weighted by Crippen LogP contribution is -2.17. The molecule has 0 aliphatic rings. The quantitative estimate of drug-likeness (QED) is 0.915. The summed E-state index contributed by atoms with van der Waals surface area (Å²) in [6, 6.07) is 5.60. The van der Waals surface area contributed by atoms with E-state index in [-0.39, 0.29) is 5.75 Å². The van der Waals surface area contributed by atoms with Crippen LogP contribution in [-0.4, -0.2) is 16.1 Å². The van der Waals surface area contributed by atoms with Gasteiger partial charge in [-0.25, -0.2) is 0 Å². The van der Waals surface area contributed by atoms with Gasteiger partial charge in [-0.3, -0.25) is 4.68 Å². The number of hydrogen-bond acceptors (Lipinski definition) is 3. The Morgan fingerprint density at radius 1 is 1.25 bits per heavy atom. The van der Waals surface area contributed by atoms with E-state index < -0.39 is 6.36 Å². The summed E-state index contributed by atoms with van der Waals surface area (Å²) >= 11 is 0. The van der Waals surface area contributed by atoms with E-state index in [1.54, 1.807) is 10.9 Å². The number of aromatic nitrogens is 2. The second-order valence-electron chi connectivity index (χ2n) is 4.13. The summed E-state index contributed by atoms with van der Waals surface area (Å²) in [5, 5.41) is 7.23. The minimum Gasteiger partial charge on any atom is -0.406 e. The molecule has 1 N–H and O–H groups in total. The molecule has 0 amide bonds. The van der Waals surface area contributed by atoms with Crippen LogP contribution in [0.15, 0.2) is 36.7 Å². The lowest BCUT2D eigenvalue weighted by Gasteiger charge is -2.10. The molecule has 0 aliphatic carbocycles. The summed E-state index contributed by atoms with van der Waals surface area (Å²) in [7, 11) is 0. The molecule has 4 nitrogen and oxygen atoms in total. The number of aryl methyl sites for hydroxylation is 1. The van der Waals surface area contributed by atoms with Gasteiger partial charge in [0, 0.05) is 30.5 Å². The molecule has 0 unspecified atom stereocenters. The monoisotopic (exact) mass is 285 g/mol. The summed E-state index contributed by atoms with van der Waals surface area (Å²) in [5.74, 6) is -0.234. The van der Waals surface area contributed by atoms with Crippen molar-refractivity contribution in [1.82, 2.24) is 9.78 Å². The van der Waals surface area contributed by atoms with E-state index >= 15 is 0 Å². The summed E-state index contributed by atoms with van der Waals surface area (Å²) in [6.45, 7) is 3.34. The molecule has 1 aromatic carbocycles. The summed E-state index contributed by atoms with van der Waals surface area (Å²) in [5.41, 5.74) is 1.71. The Bertz CT molecular complexity index is 549. The zero-order valence-electron chi connectivity index (χ0n) is 10.8. The Labute approximate surface area is 114 Å². The fourth-order valence-corrected chi connectivity index (χ4v) is 1.65. The molecule has 0 saturated carbocycles. The van der Waals surface area contributed by atoms with E-state index in [1.165, 1.54) is 24.3 Å². The van der Waals surface area contributed by atoms with Crippen LogP contribution in [0.5, 0.6) is 5.75 Å². The number of hydrogen-bond donors (Lipinski definition) is 1. The van der Waals surface area contributed by atoms with Crippen LogP contribution < -0.4 is 10.1 Å². The van der Waals surface area contributed by atoms with Gasteiger partial charge in [0.25, 0.3) is 0 Å². The Morgan fingerprint density at radius 3 is 2.50 bits per heavy atom. The van der Waals surface area contributed by atoms with Crippen LogP contribution >= 0.6 is 0 Å². The molecule has 0 fully saturated rings. The fourth-order valence-electron chi connectivity index (χ4n) is 1.65. The zero-order valence-corrected chi connectivity index (χ0v) is 10.8. The van der Waals surface area contributed by atoms with E-state index in [0.29, 0.717) is 12.2 Å². The van der Waals surface area contributed by atoms with Gasteiger partial charge in [-0.1, -0.05) is 0 Å². The first-order chi connectivity index (χ1) is 9.46. The second-order valence-corrected chi connectivity index (χ2v) is 4.13. The molecular formula is C13H14F3N3O. The molecule has 0 bridgehead atoms. The molecule has 0 aliphatic heterocycles. The molecule has 1 aromatic heterocycles. The Kier molecular flexibility index (Phi) is 4.16. The van der Waals surface area contributed by atoms with Crippen molar-refractivity contribution in [2.24, 2.45) is 0 Å². The van der Waals surface area contributed by atoms with Gasteiger partial charge in [-0.05, 0) is 31.2 Å². The van der Waals surface area contributed by atoms with Crippen molar-refractivity contribution in [2.75, 3.05) is 5.32 Å². The maximum absolute atomic E-state index is 12.0. The van der Waals surface area contributed by atoms with Crippen LogP contribution in [0.25, 0.3) is 0 Å². The Morgan fingerprint density at radius 2 is 1.95 bits per heavy atom. The van der Waals surface area contributed by atoms with Crippen molar-refractivity contribution in [2.45, 2.75) is 26.4 Å². The molecule has 0 spiro atoms. The number of alkyl halides is 3. The molecule has 20 heavy (non-hydrogen) atoms. The van der Waals surface area contributed by atoms with Gasteiger partial charge in [0.2, 0.25) is 0 Å². The average molecular weight is 285 g/mol. The molecule has 1 heterocycles. The SMILES string of the molecule is CCn1cc(CNc2ccc(OC(F)(F)F)cc2)cn1. The summed E-state index contributed by atoms with van der Waals surface area (Å²) < 4.78 is 41.6. The lowest BCUT2D eigenvalue weighted by molar-refractivity contribution is -0.274. The first-order valence-electron chi connectivity index (χ1n) is 6.07. The maximum atomic E-state index is 12.0. The standard InChI is InChI=1S/C13H14F3N3O/c1-2-19-9-10(8-18-19)7-17-11-3-5-12(6-4-11)20-13(14,15)16/h3-6,8-9,17H,2,7H2,1H3. The third-order valence-corrected chi connectivity index (χ3v) is 2.60. The predicted molar refractivity (Wildman–Crippen MR) is 68.4 cm³/mol. The molecule has 7 heteroatoms. The van der Waals surface area contributed by atoms with E-state index in [0.717, 1.165) is 12.1 Å². The van der Waals surface area contributed by atoms with E-state index in [4.69, 9.17) is 0 Å². The van der Waals surface area contributed by atoms with Crippen molar-refractivity contribution < 1.29 is 17.9 Å². The number of nitrogens with one attached hydrogen (secondary N) is 1. The third kappa shape index (κ3) is 4.18. The molecule has 0 radical (unpaired) electrons. The van der Waals surface area contributed by atoms with Crippen molar-refractivity contribution in [3.05, 3.63) is 42.2 Å². The number of ether oxygens (including phenoxy) is 1. The molecule has 0 atom stereocenters. The van der Waals surface area contributed by atoms with Crippen molar-refractivity contribution in [1.29, 1.82) is 0 Å². The number of halogens is 3. The van der Waals surface area contributed by atoms with Crippen molar-refractivity contribution >= 4 is 5.69 Å². The van der Waals surface area contributed by atoms with Gasteiger partial charge in [0.05, 0.1) is 6.20 Å². The van der Waals surface area contributed by atoms with Crippen LogP contribution in [0.2, 0.25) is 0 Å². The number of benzene rings is 1. The highest BCUT2D eigenvalue weighted by Gasteiger charge is 2.30. The van der Waals surface area contributed by atoms with Gasteiger partial charge in [-0.2, -0.15) is 5.10 Å². The lowest BCUT2D eigenvalue weighted by atomic mass is 10.3. The first kappa shape index (κ1) is 14.2. The Balaban J connectivity index is 1.90. The van der Waals surface area contributed by atoms with Gasteiger partial charge in [-0.15, -0.1) is 13.2 Å². The van der Waals surface area contributed by atoms with Gasteiger partial charge < -0.3 is 10.1 Å².